The van der Waals surface area contributed by atoms with Gasteiger partial charge in [0.25, 0.3) is 0 Å². The molecule has 2 N–H and O–H groups in total. The summed E-state index contributed by atoms with van der Waals surface area (Å²) < 4.78 is 3.76. The van der Waals surface area contributed by atoms with Crippen molar-refractivity contribution in [1.82, 2.24) is 24.5 Å². The average Bonchev–Trinajstić information content (AvgIpc) is 3.12. The lowest BCUT2D eigenvalue weighted by atomic mass is 10.1. The summed E-state index contributed by atoms with van der Waals surface area (Å²) in [5.74, 6) is 0.833. The van der Waals surface area contributed by atoms with E-state index in [4.69, 9.17) is 4.99 Å². The lowest BCUT2D eigenvalue weighted by Gasteiger charge is -2.20. The fourth-order valence-corrected chi connectivity index (χ4v) is 3.72. The molecule has 1 saturated heterocycles. The topological polar surface area (TPSA) is 88.6 Å². The molecule has 0 atom stereocenters. The van der Waals surface area contributed by atoms with Crippen LogP contribution in [0.25, 0.3) is 11.3 Å². The molecule has 0 unspecified atom stereocenters. The van der Waals surface area contributed by atoms with Crippen molar-refractivity contribution in [1.29, 1.82) is 0 Å². The number of rotatable bonds is 5. The number of carbonyl (C=O) groups excluding carboxylic acids is 1. The lowest BCUT2D eigenvalue weighted by molar-refractivity contribution is -0.104. The minimum Gasteiger partial charge on any atom is -0.340 e. The molecule has 1 fully saturated rings. The van der Waals surface area contributed by atoms with E-state index in [-0.39, 0.29) is 0 Å². The van der Waals surface area contributed by atoms with Crippen molar-refractivity contribution < 1.29 is 4.79 Å². The van der Waals surface area contributed by atoms with Crippen molar-refractivity contribution in [3.8, 4) is 0 Å². The van der Waals surface area contributed by atoms with Crippen molar-refractivity contribution in [3.63, 3.8) is 0 Å². The fraction of sp³-hybridized carbons (Fsp3) is 0.364. The molecule has 156 valence electrons. The Labute approximate surface area is 175 Å². The van der Waals surface area contributed by atoms with Gasteiger partial charge in [0.05, 0.1) is 23.6 Å². The Kier molecular flexibility index (Phi) is 5.76. The Hall–Kier alpha value is -3.26. The first-order valence-corrected chi connectivity index (χ1v) is 10.2. The van der Waals surface area contributed by atoms with Gasteiger partial charge in [-0.25, -0.2) is 9.50 Å². The Morgan fingerprint density at radius 2 is 2.10 bits per heavy atom. The van der Waals surface area contributed by atoms with E-state index in [2.05, 4.69) is 20.7 Å². The highest BCUT2D eigenvalue weighted by Crippen LogP contribution is 2.19. The summed E-state index contributed by atoms with van der Waals surface area (Å²) in [7, 11) is 1.97. The van der Waals surface area contributed by atoms with E-state index in [1.54, 1.807) is 4.52 Å². The number of imidazole rings is 1. The first-order valence-electron chi connectivity index (χ1n) is 10.2. The Morgan fingerprint density at radius 1 is 1.30 bits per heavy atom. The number of nitrogens with zero attached hydrogens (tertiary/aromatic N) is 5. The first-order chi connectivity index (χ1) is 14.5. The molecule has 1 aliphatic heterocycles. The standard InChI is InChI=1S/C22H27N7O/c1-15-13-19(27-29-14-16(2)24-22(15)29)18(9-12-30)26-21-6-4-5-20(28(21)3)25-17-7-10-23-11-8-17/h4-6,9,12-14,17,23,26H,7-8,10-11H2,1-3H3/b18-9-,25-20?. The summed E-state index contributed by atoms with van der Waals surface area (Å²) in [5, 5.41) is 11.4. The van der Waals surface area contributed by atoms with E-state index in [0.29, 0.717) is 17.4 Å². The second-order valence-electron chi connectivity index (χ2n) is 7.64. The predicted octanol–water partition coefficient (Wildman–Crippen LogP) is 1.99. The van der Waals surface area contributed by atoms with Gasteiger partial charge in [-0.2, -0.15) is 5.10 Å². The third kappa shape index (κ3) is 4.18. The largest absolute Gasteiger partial charge is 0.340 e. The summed E-state index contributed by atoms with van der Waals surface area (Å²) in [6.45, 7) is 5.93. The number of hydrogen-bond acceptors (Lipinski definition) is 6. The summed E-state index contributed by atoms with van der Waals surface area (Å²) in [4.78, 5) is 20.8. The second-order valence-corrected chi connectivity index (χ2v) is 7.64. The molecule has 0 radical (unpaired) electrons. The smallest absolute Gasteiger partial charge is 0.156 e. The molecule has 0 bridgehead atoms. The van der Waals surface area contributed by atoms with E-state index in [1.807, 2.05) is 55.9 Å². The number of fused-ring (bicyclic) bond motifs is 1. The number of anilines is 1. The SMILES string of the molecule is Cc1cn2nc(/C(=C/C=O)Nc3cccc(=NC4CCNCC4)n3C)cc(C)c2n1. The maximum absolute atomic E-state index is 11.4. The van der Waals surface area contributed by atoms with Gasteiger partial charge >= 0.3 is 0 Å². The van der Waals surface area contributed by atoms with Crippen LogP contribution in [-0.2, 0) is 11.8 Å². The molecule has 4 heterocycles. The monoisotopic (exact) mass is 405 g/mol. The van der Waals surface area contributed by atoms with E-state index >= 15 is 0 Å². The molecule has 8 nitrogen and oxygen atoms in total. The number of carbonyl (C=O) groups is 1. The van der Waals surface area contributed by atoms with Crippen LogP contribution >= 0.6 is 0 Å². The van der Waals surface area contributed by atoms with Crippen LogP contribution in [0.5, 0.6) is 0 Å². The number of hydrogen-bond donors (Lipinski definition) is 2. The number of aldehydes is 1. The zero-order chi connectivity index (χ0) is 21.1. The molecule has 0 aliphatic carbocycles. The van der Waals surface area contributed by atoms with Gasteiger partial charge in [-0.3, -0.25) is 9.79 Å². The molecule has 0 saturated carbocycles. The number of aromatic nitrogens is 4. The Morgan fingerprint density at radius 3 is 2.87 bits per heavy atom. The van der Waals surface area contributed by atoms with Crippen molar-refractivity contribution >= 4 is 23.4 Å². The normalized spacial score (nSPS) is 16.2. The van der Waals surface area contributed by atoms with Crippen molar-refractivity contribution in [2.45, 2.75) is 32.7 Å². The highest BCUT2D eigenvalue weighted by molar-refractivity contribution is 5.85. The molecule has 0 aromatic carbocycles. The molecular weight excluding hydrogens is 378 g/mol. The van der Waals surface area contributed by atoms with Crippen LogP contribution in [0.3, 0.4) is 0 Å². The molecule has 0 spiro atoms. The molecule has 4 rings (SSSR count). The zero-order valence-electron chi connectivity index (χ0n) is 17.6. The van der Waals surface area contributed by atoms with E-state index < -0.39 is 0 Å². The Bertz CT molecular complexity index is 1170. The summed E-state index contributed by atoms with van der Waals surface area (Å²) in [6.07, 6.45) is 6.23. The Balaban J connectivity index is 1.69. The van der Waals surface area contributed by atoms with Crippen molar-refractivity contribution in [3.05, 3.63) is 59.0 Å². The fourth-order valence-electron chi connectivity index (χ4n) is 3.72. The molecule has 3 aromatic rings. The van der Waals surface area contributed by atoms with Gasteiger partial charge in [-0.05, 0) is 63.5 Å². The number of pyridine rings is 1. The van der Waals surface area contributed by atoms with Crippen LogP contribution in [0, 0.1) is 13.8 Å². The average molecular weight is 406 g/mol. The van der Waals surface area contributed by atoms with Gasteiger partial charge in [0, 0.05) is 13.1 Å². The van der Waals surface area contributed by atoms with Crippen molar-refractivity contribution in [2.24, 2.45) is 12.0 Å². The quantitative estimate of drug-likeness (QED) is 0.501. The lowest BCUT2D eigenvalue weighted by Crippen LogP contribution is -2.32. The molecular formula is C22H27N7O. The highest BCUT2D eigenvalue weighted by Gasteiger charge is 2.13. The molecule has 3 aromatic heterocycles. The van der Waals surface area contributed by atoms with Gasteiger partial charge in [-0.15, -0.1) is 0 Å². The molecule has 0 amide bonds. The van der Waals surface area contributed by atoms with Gasteiger partial charge in [0.1, 0.15) is 23.3 Å². The third-order valence-electron chi connectivity index (χ3n) is 5.33. The van der Waals surface area contributed by atoms with Gasteiger partial charge in [0.15, 0.2) is 5.65 Å². The van der Waals surface area contributed by atoms with Crippen LogP contribution < -0.4 is 16.1 Å². The molecule has 30 heavy (non-hydrogen) atoms. The van der Waals surface area contributed by atoms with Gasteiger partial charge in [0.2, 0.25) is 0 Å². The number of nitrogens with one attached hydrogen (secondary N) is 2. The van der Waals surface area contributed by atoms with Crippen LogP contribution in [0.2, 0.25) is 0 Å². The molecule has 8 heteroatoms. The summed E-state index contributed by atoms with van der Waals surface area (Å²) >= 11 is 0. The van der Waals surface area contributed by atoms with Crippen LogP contribution in [0.15, 0.2) is 41.5 Å². The number of aryl methyl sites for hydroxylation is 2. The molecule has 1 aliphatic rings. The van der Waals surface area contributed by atoms with Crippen LogP contribution in [0.1, 0.15) is 29.8 Å². The first kappa shape index (κ1) is 20.0. The minimum absolute atomic E-state index is 0.328. The minimum atomic E-state index is 0.328. The second kappa shape index (κ2) is 8.62. The highest BCUT2D eigenvalue weighted by atomic mass is 16.1. The van der Waals surface area contributed by atoms with Gasteiger partial charge < -0.3 is 15.2 Å². The number of piperidine rings is 1. The van der Waals surface area contributed by atoms with E-state index in [9.17, 15) is 4.79 Å². The zero-order valence-corrected chi connectivity index (χ0v) is 17.6. The van der Waals surface area contributed by atoms with Crippen LogP contribution in [0.4, 0.5) is 5.82 Å². The maximum Gasteiger partial charge on any atom is 0.156 e. The van der Waals surface area contributed by atoms with Crippen LogP contribution in [-0.4, -0.2) is 44.6 Å². The third-order valence-corrected chi connectivity index (χ3v) is 5.33. The van der Waals surface area contributed by atoms with E-state index in [1.165, 1.54) is 6.08 Å². The maximum atomic E-state index is 11.4. The predicted molar refractivity (Wildman–Crippen MR) is 117 cm³/mol. The summed E-state index contributed by atoms with van der Waals surface area (Å²) in [6, 6.07) is 8.22. The summed E-state index contributed by atoms with van der Waals surface area (Å²) in [5.41, 5.74) is 4.90. The van der Waals surface area contributed by atoms with Gasteiger partial charge in [-0.1, -0.05) is 6.07 Å². The van der Waals surface area contributed by atoms with E-state index in [0.717, 1.165) is 60.4 Å². The number of allylic oxidation sites excluding steroid dienone is 1. The van der Waals surface area contributed by atoms with Crippen molar-refractivity contribution in [2.75, 3.05) is 18.4 Å².